The van der Waals surface area contributed by atoms with Crippen LogP contribution in [0, 0.1) is 24.5 Å². The Labute approximate surface area is 196 Å². The molecule has 0 N–H and O–H groups in total. The maximum atomic E-state index is 13.9. The number of ketones is 1. The Hall–Kier alpha value is -3.52. The van der Waals surface area contributed by atoms with E-state index in [0.29, 0.717) is 18.7 Å². The number of benzene rings is 1. The average Bonchev–Trinajstić information content (AvgIpc) is 3.42. The minimum absolute atomic E-state index is 0.0921. The lowest BCUT2D eigenvalue weighted by Gasteiger charge is -2.17. The van der Waals surface area contributed by atoms with Crippen molar-refractivity contribution in [2.45, 2.75) is 32.7 Å². The minimum atomic E-state index is -0.525. The zero-order chi connectivity index (χ0) is 23.7. The van der Waals surface area contributed by atoms with Crippen molar-refractivity contribution in [2.24, 2.45) is 5.92 Å². The molecule has 1 unspecified atom stereocenters. The van der Waals surface area contributed by atoms with Gasteiger partial charge in [0.15, 0.2) is 0 Å². The molecule has 1 saturated heterocycles. The number of hydrogen-bond acceptors (Lipinski definition) is 5. The Balaban J connectivity index is 1.20. The predicted molar refractivity (Wildman–Crippen MR) is 124 cm³/mol. The Kier molecular flexibility index (Phi) is 6.15. The van der Waals surface area contributed by atoms with Crippen LogP contribution in [0.25, 0.3) is 16.6 Å². The number of likely N-dealkylation sites (tertiary alicyclic amines) is 1. The molecular formula is C26H25F2N5O. The van der Waals surface area contributed by atoms with Gasteiger partial charge in [0, 0.05) is 54.5 Å². The van der Waals surface area contributed by atoms with Crippen LogP contribution >= 0.6 is 0 Å². The van der Waals surface area contributed by atoms with Gasteiger partial charge < -0.3 is 0 Å². The molecule has 1 fully saturated rings. The summed E-state index contributed by atoms with van der Waals surface area (Å²) in [6.07, 6.45) is 6.81. The molecule has 4 aromatic rings. The van der Waals surface area contributed by atoms with Gasteiger partial charge in [0.25, 0.3) is 0 Å². The lowest BCUT2D eigenvalue weighted by atomic mass is 9.99. The highest BCUT2D eigenvalue weighted by Gasteiger charge is 2.26. The van der Waals surface area contributed by atoms with Crippen molar-refractivity contribution >= 4 is 16.7 Å². The molecule has 0 saturated carbocycles. The molecule has 1 atom stereocenters. The van der Waals surface area contributed by atoms with Crippen LogP contribution in [0.4, 0.5) is 8.78 Å². The van der Waals surface area contributed by atoms with E-state index in [1.165, 1.54) is 18.2 Å². The fourth-order valence-electron chi connectivity index (χ4n) is 4.66. The number of halogens is 2. The molecule has 1 aliphatic heterocycles. The molecule has 1 aliphatic rings. The maximum absolute atomic E-state index is 13.9. The van der Waals surface area contributed by atoms with E-state index in [4.69, 9.17) is 0 Å². The minimum Gasteiger partial charge on any atom is -0.299 e. The number of hydrogen-bond donors (Lipinski definition) is 0. The lowest BCUT2D eigenvalue weighted by Crippen LogP contribution is -2.22. The number of carbonyl (C=O) groups is 1. The summed E-state index contributed by atoms with van der Waals surface area (Å²) in [6.45, 7) is 3.54. The Morgan fingerprint density at radius 1 is 1.12 bits per heavy atom. The second-order valence-electron chi connectivity index (χ2n) is 8.96. The average molecular weight is 462 g/mol. The van der Waals surface area contributed by atoms with Crippen molar-refractivity contribution in [1.29, 1.82) is 0 Å². The SMILES string of the molecule is Cc1cc(-n2ncc3cc(CC(=O)CC4CCN(Cc5c(F)cccc5F)C4)ncc32)ccn1. The largest absolute Gasteiger partial charge is 0.299 e. The number of fused-ring (bicyclic) bond motifs is 1. The van der Waals surface area contributed by atoms with Gasteiger partial charge in [-0.15, -0.1) is 0 Å². The summed E-state index contributed by atoms with van der Waals surface area (Å²) in [6, 6.07) is 9.68. The highest BCUT2D eigenvalue weighted by atomic mass is 19.1. The Morgan fingerprint density at radius 2 is 1.94 bits per heavy atom. The van der Waals surface area contributed by atoms with Crippen molar-refractivity contribution in [2.75, 3.05) is 13.1 Å². The van der Waals surface area contributed by atoms with Gasteiger partial charge in [0.05, 0.1) is 23.6 Å². The summed E-state index contributed by atoms with van der Waals surface area (Å²) in [5.74, 6) is -0.747. The zero-order valence-electron chi connectivity index (χ0n) is 18.9. The van der Waals surface area contributed by atoms with E-state index in [1.54, 1.807) is 18.6 Å². The smallest absolute Gasteiger partial charge is 0.139 e. The zero-order valence-corrected chi connectivity index (χ0v) is 18.9. The summed E-state index contributed by atoms with van der Waals surface area (Å²) >= 11 is 0. The van der Waals surface area contributed by atoms with Crippen LogP contribution in [-0.2, 0) is 17.8 Å². The van der Waals surface area contributed by atoms with Crippen molar-refractivity contribution in [3.63, 3.8) is 0 Å². The number of carbonyl (C=O) groups excluding carboxylic acids is 1. The molecule has 6 nitrogen and oxygen atoms in total. The summed E-state index contributed by atoms with van der Waals surface area (Å²) in [4.78, 5) is 23.5. The van der Waals surface area contributed by atoms with E-state index in [2.05, 4.69) is 15.1 Å². The quantitative estimate of drug-likeness (QED) is 0.408. The molecule has 0 aliphatic carbocycles. The fraction of sp³-hybridized carbons (Fsp3) is 0.308. The summed E-state index contributed by atoms with van der Waals surface area (Å²) < 4.78 is 29.7. The third-order valence-corrected chi connectivity index (χ3v) is 6.34. The number of aromatic nitrogens is 4. The van der Waals surface area contributed by atoms with E-state index in [0.717, 1.165) is 35.2 Å². The van der Waals surface area contributed by atoms with E-state index in [-0.39, 0.29) is 30.2 Å². The number of Topliss-reactive ketones (excluding diaryl/α,β-unsaturated/α-hetero) is 1. The molecule has 1 aromatic carbocycles. The molecule has 0 amide bonds. The summed E-state index contributed by atoms with van der Waals surface area (Å²) in [7, 11) is 0. The van der Waals surface area contributed by atoms with Crippen LogP contribution in [-0.4, -0.2) is 43.5 Å². The van der Waals surface area contributed by atoms with E-state index in [1.807, 2.05) is 34.7 Å². The normalized spacial score (nSPS) is 16.4. The predicted octanol–water partition coefficient (Wildman–Crippen LogP) is 4.43. The molecule has 3 aromatic heterocycles. The first-order valence-electron chi connectivity index (χ1n) is 11.4. The van der Waals surface area contributed by atoms with Crippen LogP contribution in [0.5, 0.6) is 0 Å². The van der Waals surface area contributed by atoms with Gasteiger partial charge in [-0.2, -0.15) is 5.10 Å². The van der Waals surface area contributed by atoms with Gasteiger partial charge >= 0.3 is 0 Å². The van der Waals surface area contributed by atoms with Gasteiger partial charge in [0.2, 0.25) is 0 Å². The number of rotatable bonds is 7. The lowest BCUT2D eigenvalue weighted by molar-refractivity contribution is -0.119. The van der Waals surface area contributed by atoms with Gasteiger partial charge in [-0.3, -0.25) is 19.7 Å². The molecule has 0 radical (unpaired) electrons. The second kappa shape index (κ2) is 9.38. The highest BCUT2D eigenvalue weighted by Crippen LogP contribution is 2.25. The summed E-state index contributed by atoms with van der Waals surface area (Å²) in [5, 5.41) is 5.39. The van der Waals surface area contributed by atoms with Crippen molar-refractivity contribution in [3.8, 4) is 5.69 Å². The first kappa shape index (κ1) is 22.3. The topological polar surface area (TPSA) is 63.9 Å². The number of aryl methyl sites for hydroxylation is 1. The van der Waals surface area contributed by atoms with Crippen LogP contribution in [0.2, 0.25) is 0 Å². The molecule has 0 spiro atoms. The number of nitrogens with zero attached hydrogens (tertiary/aromatic N) is 5. The van der Waals surface area contributed by atoms with Crippen LogP contribution in [0.15, 0.2) is 55.0 Å². The first-order valence-corrected chi connectivity index (χ1v) is 11.4. The van der Waals surface area contributed by atoms with Crippen molar-refractivity contribution in [3.05, 3.63) is 83.6 Å². The highest BCUT2D eigenvalue weighted by molar-refractivity contribution is 5.84. The molecular weight excluding hydrogens is 436 g/mol. The third kappa shape index (κ3) is 4.72. The van der Waals surface area contributed by atoms with Gasteiger partial charge in [0.1, 0.15) is 17.4 Å². The van der Waals surface area contributed by atoms with Crippen LogP contribution in [0.1, 0.15) is 29.8 Å². The van der Waals surface area contributed by atoms with Crippen LogP contribution in [0.3, 0.4) is 0 Å². The first-order chi connectivity index (χ1) is 16.5. The molecule has 8 heteroatoms. The van der Waals surface area contributed by atoms with E-state index < -0.39 is 11.6 Å². The van der Waals surface area contributed by atoms with Gasteiger partial charge in [-0.25, -0.2) is 13.5 Å². The third-order valence-electron chi connectivity index (χ3n) is 6.34. The van der Waals surface area contributed by atoms with Crippen molar-refractivity contribution in [1.82, 2.24) is 24.6 Å². The Bertz CT molecular complexity index is 1330. The molecule has 4 heterocycles. The maximum Gasteiger partial charge on any atom is 0.139 e. The monoisotopic (exact) mass is 461 g/mol. The van der Waals surface area contributed by atoms with E-state index >= 15 is 0 Å². The van der Waals surface area contributed by atoms with Crippen molar-refractivity contribution < 1.29 is 13.6 Å². The molecule has 5 rings (SSSR count). The summed E-state index contributed by atoms with van der Waals surface area (Å²) in [5.41, 5.74) is 3.49. The fourth-order valence-corrected chi connectivity index (χ4v) is 4.66. The second-order valence-corrected chi connectivity index (χ2v) is 8.96. The molecule has 0 bridgehead atoms. The number of pyridine rings is 2. The molecule has 34 heavy (non-hydrogen) atoms. The Morgan fingerprint density at radius 3 is 2.74 bits per heavy atom. The standard InChI is InChI=1S/C26H25F2N5O/c1-17-9-21(5-7-29-17)33-26-14-30-20(11-19(26)13-31-33)12-22(34)10-18-6-8-32(15-18)16-23-24(27)3-2-4-25(23)28/h2-5,7,9,11,13-14,18H,6,8,10,12,15-16H2,1H3. The van der Waals surface area contributed by atoms with E-state index in [9.17, 15) is 13.6 Å². The van der Waals surface area contributed by atoms with Gasteiger partial charge in [-0.05, 0) is 56.1 Å². The molecule has 174 valence electrons. The van der Waals surface area contributed by atoms with Crippen LogP contribution < -0.4 is 0 Å². The van der Waals surface area contributed by atoms with Gasteiger partial charge in [-0.1, -0.05) is 6.07 Å².